The van der Waals surface area contributed by atoms with Crippen LogP contribution < -0.4 is 0 Å². The van der Waals surface area contributed by atoms with Crippen LogP contribution in [0.15, 0.2) is 18.3 Å². The summed E-state index contributed by atoms with van der Waals surface area (Å²) in [5.41, 5.74) is 0.659. The third kappa shape index (κ3) is 2.50. The van der Waals surface area contributed by atoms with Crippen molar-refractivity contribution in [3.63, 3.8) is 0 Å². The number of esters is 1. The van der Waals surface area contributed by atoms with Gasteiger partial charge in [0.1, 0.15) is 12.4 Å². The summed E-state index contributed by atoms with van der Waals surface area (Å²) in [6.07, 6.45) is 1.33. The van der Waals surface area contributed by atoms with Crippen LogP contribution >= 0.6 is 0 Å². The Labute approximate surface area is 75.6 Å². The first-order chi connectivity index (χ1) is 6.27. The third-order valence-corrected chi connectivity index (χ3v) is 1.46. The molecule has 3 nitrogen and oxygen atoms in total. The first-order valence-corrected chi connectivity index (χ1v) is 3.96. The van der Waals surface area contributed by atoms with Crippen molar-refractivity contribution in [2.24, 2.45) is 0 Å². The molecule has 0 aliphatic rings. The molecule has 1 heterocycles. The van der Waals surface area contributed by atoms with Crippen LogP contribution in [-0.2, 0) is 11.4 Å². The first-order valence-electron chi connectivity index (χ1n) is 3.96. The van der Waals surface area contributed by atoms with E-state index in [4.69, 9.17) is 4.74 Å². The van der Waals surface area contributed by atoms with Gasteiger partial charge in [-0.25, -0.2) is 14.2 Å². The van der Waals surface area contributed by atoms with Gasteiger partial charge in [-0.15, -0.1) is 0 Å². The molecule has 0 atom stereocenters. The minimum atomic E-state index is -0.573. The van der Waals surface area contributed by atoms with Gasteiger partial charge in [-0.2, -0.15) is 0 Å². The number of hydrogen-bond donors (Lipinski definition) is 0. The van der Waals surface area contributed by atoms with Crippen LogP contribution in [0.2, 0.25) is 0 Å². The van der Waals surface area contributed by atoms with Crippen LogP contribution in [0.4, 0.5) is 4.39 Å². The normalized spacial score (nSPS) is 9.69. The number of halogens is 1. The fourth-order valence-electron chi connectivity index (χ4n) is 0.829. The standard InChI is InChI=1S/C9H10FNO2/c1-2-13-9(12)8-4-3-7(5-10)6-11-8/h3-4,6H,2,5H2,1H3. The van der Waals surface area contributed by atoms with Gasteiger partial charge in [-0.1, -0.05) is 6.07 Å². The second kappa shape index (κ2) is 4.54. The zero-order chi connectivity index (χ0) is 9.68. The van der Waals surface area contributed by atoms with E-state index in [0.717, 1.165) is 0 Å². The van der Waals surface area contributed by atoms with Crippen molar-refractivity contribution < 1.29 is 13.9 Å². The van der Waals surface area contributed by atoms with Crippen molar-refractivity contribution in [1.29, 1.82) is 0 Å². The number of carbonyl (C=O) groups is 1. The van der Waals surface area contributed by atoms with Crippen LogP contribution in [-0.4, -0.2) is 17.6 Å². The Hall–Kier alpha value is -1.45. The van der Waals surface area contributed by atoms with E-state index < -0.39 is 12.6 Å². The average molecular weight is 183 g/mol. The number of rotatable bonds is 3. The second-order valence-corrected chi connectivity index (χ2v) is 2.41. The quantitative estimate of drug-likeness (QED) is 0.670. The van der Waals surface area contributed by atoms with E-state index in [2.05, 4.69) is 4.98 Å². The fraction of sp³-hybridized carbons (Fsp3) is 0.333. The lowest BCUT2D eigenvalue weighted by Crippen LogP contribution is -2.06. The van der Waals surface area contributed by atoms with E-state index in [-0.39, 0.29) is 5.69 Å². The highest BCUT2D eigenvalue weighted by atomic mass is 19.1. The third-order valence-electron chi connectivity index (χ3n) is 1.46. The topological polar surface area (TPSA) is 39.2 Å². The van der Waals surface area contributed by atoms with Crippen LogP contribution in [0.5, 0.6) is 0 Å². The molecule has 1 aromatic heterocycles. The number of nitrogens with zero attached hydrogens (tertiary/aromatic N) is 1. The highest BCUT2D eigenvalue weighted by molar-refractivity contribution is 5.87. The molecule has 0 aliphatic carbocycles. The largest absolute Gasteiger partial charge is 0.461 e. The van der Waals surface area contributed by atoms with Gasteiger partial charge in [0.15, 0.2) is 0 Å². The van der Waals surface area contributed by atoms with Gasteiger partial charge in [-0.3, -0.25) is 0 Å². The van der Waals surface area contributed by atoms with Crippen molar-refractivity contribution in [2.75, 3.05) is 6.61 Å². The van der Waals surface area contributed by atoms with Gasteiger partial charge in [0.25, 0.3) is 0 Å². The van der Waals surface area contributed by atoms with Gasteiger partial charge in [0.05, 0.1) is 6.61 Å². The Kier molecular flexibility index (Phi) is 3.37. The van der Waals surface area contributed by atoms with Crippen molar-refractivity contribution in [2.45, 2.75) is 13.6 Å². The van der Waals surface area contributed by atoms with E-state index in [9.17, 15) is 9.18 Å². The maximum Gasteiger partial charge on any atom is 0.356 e. The fourth-order valence-corrected chi connectivity index (χ4v) is 0.829. The number of ether oxygens (including phenoxy) is 1. The summed E-state index contributed by atoms with van der Waals surface area (Å²) in [6, 6.07) is 2.96. The molecule has 0 saturated heterocycles. The summed E-state index contributed by atoms with van der Waals surface area (Å²) in [5.74, 6) is -0.479. The van der Waals surface area contributed by atoms with Crippen molar-refractivity contribution in [3.8, 4) is 0 Å². The molecule has 0 unspecified atom stereocenters. The van der Waals surface area contributed by atoms with Gasteiger partial charge in [-0.05, 0) is 13.0 Å². The maximum atomic E-state index is 12.1. The molecular formula is C9H10FNO2. The number of pyridine rings is 1. The van der Waals surface area contributed by atoms with Crippen molar-refractivity contribution in [3.05, 3.63) is 29.6 Å². The lowest BCUT2D eigenvalue weighted by Gasteiger charge is -2.00. The van der Waals surface area contributed by atoms with E-state index >= 15 is 0 Å². The summed E-state index contributed by atoms with van der Waals surface area (Å²) in [7, 11) is 0. The number of aromatic nitrogens is 1. The van der Waals surface area contributed by atoms with Crippen molar-refractivity contribution >= 4 is 5.97 Å². The van der Waals surface area contributed by atoms with E-state index in [0.29, 0.717) is 12.2 Å². The summed E-state index contributed by atoms with van der Waals surface area (Å²) >= 11 is 0. The summed E-state index contributed by atoms with van der Waals surface area (Å²) in [5, 5.41) is 0. The Morgan fingerprint density at radius 2 is 2.38 bits per heavy atom. The average Bonchev–Trinajstić information content (AvgIpc) is 2.18. The molecule has 70 valence electrons. The molecule has 1 aromatic rings. The molecule has 0 radical (unpaired) electrons. The number of hydrogen-bond acceptors (Lipinski definition) is 3. The molecule has 0 fully saturated rings. The molecule has 0 spiro atoms. The van der Waals surface area contributed by atoms with Crippen molar-refractivity contribution in [1.82, 2.24) is 4.98 Å². The lowest BCUT2D eigenvalue weighted by atomic mass is 10.3. The van der Waals surface area contributed by atoms with E-state index in [1.807, 2.05) is 0 Å². The molecule has 1 rings (SSSR count). The van der Waals surface area contributed by atoms with Crippen LogP contribution in [0.1, 0.15) is 23.0 Å². The Bertz CT molecular complexity index is 284. The summed E-state index contributed by atoms with van der Waals surface area (Å²) in [6.45, 7) is 1.45. The van der Waals surface area contributed by atoms with Crippen LogP contribution in [0, 0.1) is 0 Å². The zero-order valence-electron chi connectivity index (χ0n) is 7.29. The molecule has 13 heavy (non-hydrogen) atoms. The number of carbonyl (C=O) groups excluding carboxylic acids is 1. The Morgan fingerprint density at radius 1 is 1.62 bits per heavy atom. The molecular weight excluding hydrogens is 173 g/mol. The minimum absolute atomic E-state index is 0.207. The lowest BCUT2D eigenvalue weighted by molar-refractivity contribution is 0.0519. The van der Waals surface area contributed by atoms with Crippen LogP contribution in [0.25, 0.3) is 0 Å². The summed E-state index contributed by atoms with van der Waals surface area (Å²) in [4.78, 5) is 14.8. The minimum Gasteiger partial charge on any atom is -0.461 e. The number of alkyl halides is 1. The summed E-state index contributed by atoms with van der Waals surface area (Å²) < 4.78 is 16.8. The van der Waals surface area contributed by atoms with E-state index in [1.165, 1.54) is 18.3 Å². The zero-order valence-corrected chi connectivity index (χ0v) is 7.29. The molecule has 0 saturated carbocycles. The molecule has 4 heteroatoms. The first kappa shape index (κ1) is 9.64. The Balaban J connectivity index is 2.74. The highest BCUT2D eigenvalue weighted by Crippen LogP contribution is 2.02. The highest BCUT2D eigenvalue weighted by Gasteiger charge is 2.06. The molecule has 0 amide bonds. The predicted molar refractivity (Wildman–Crippen MR) is 45.0 cm³/mol. The molecule has 0 aromatic carbocycles. The smallest absolute Gasteiger partial charge is 0.356 e. The van der Waals surface area contributed by atoms with Gasteiger partial charge >= 0.3 is 5.97 Å². The monoisotopic (exact) mass is 183 g/mol. The van der Waals surface area contributed by atoms with Gasteiger partial charge in [0.2, 0.25) is 0 Å². The second-order valence-electron chi connectivity index (χ2n) is 2.41. The molecule has 0 bridgehead atoms. The maximum absolute atomic E-state index is 12.1. The molecule has 0 N–H and O–H groups in total. The predicted octanol–water partition coefficient (Wildman–Crippen LogP) is 1.73. The van der Waals surface area contributed by atoms with E-state index in [1.54, 1.807) is 6.92 Å². The van der Waals surface area contributed by atoms with Crippen LogP contribution in [0.3, 0.4) is 0 Å². The van der Waals surface area contributed by atoms with Gasteiger partial charge in [0, 0.05) is 11.8 Å². The van der Waals surface area contributed by atoms with Gasteiger partial charge < -0.3 is 4.74 Å². The SMILES string of the molecule is CCOC(=O)c1ccc(CF)cn1. The molecule has 0 aliphatic heterocycles. The Morgan fingerprint density at radius 3 is 2.85 bits per heavy atom.